The maximum Gasteiger partial charge on any atom is 0.332 e. The zero-order chi connectivity index (χ0) is 22.4. The van der Waals surface area contributed by atoms with Crippen LogP contribution in [0.15, 0.2) is 27.9 Å². The lowest BCUT2D eigenvalue weighted by Crippen LogP contribution is -2.37. The second-order valence-electron chi connectivity index (χ2n) is 7.35. The molecular weight excluding hydrogens is 402 g/mol. The van der Waals surface area contributed by atoms with E-state index in [-0.39, 0.29) is 17.6 Å². The Labute approximate surface area is 175 Å². The minimum atomic E-state index is -0.490. The Morgan fingerprint density at radius 3 is 2.58 bits per heavy atom. The predicted molar refractivity (Wildman–Crippen MR) is 114 cm³/mol. The average molecular weight is 423 g/mol. The average Bonchev–Trinajstić information content (AvgIpc) is 3.05. The van der Waals surface area contributed by atoms with Gasteiger partial charge in [-0.2, -0.15) is 0 Å². The molecule has 0 aromatic carbocycles. The summed E-state index contributed by atoms with van der Waals surface area (Å²) in [5, 5.41) is 7.93. The highest BCUT2D eigenvalue weighted by Gasteiger charge is 2.16. The molecule has 0 aliphatic heterocycles. The van der Waals surface area contributed by atoms with E-state index in [0.29, 0.717) is 17.2 Å². The first-order chi connectivity index (χ1) is 14.7. The predicted octanol–water partition coefficient (Wildman–Crippen LogP) is 0.548. The highest BCUT2D eigenvalue weighted by Crippen LogP contribution is 2.27. The van der Waals surface area contributed by atoms with Gasteiger partial charge in [-0.15, -0.1) is 5.10 Å². The molecule has 0 bridgehead atoms. The van der Waals surface area contributed by atoms with Crippen molar-refractivity contribution in [2.45, 2.75) is 13.8 Å². The molecule has 0 fully saturated rings. The van der Waals surface area contributed by atoms with Crippen LogP contribution in [-0.4, -0.2) is 41.4 Å². The molecule has 0 atom stereocenters. The molecule has 160 valence electrons. The summed E-state index contributed by atoms with van der Waals surface area (Å²) in [6, 6.07) is 3.40. The van der Waals surface area contributed by atoms with Gasteiger partial charge in [0.2, 0.25) is 5.88 Å². The number of anilines is 1. The quantitative estimate of drug-likeness (QED) is 0.508. The lowest BCUT2D eigenvalue weighted by molar-refractivity contribution is -0.118. The summed E-state index contributed by atoms with van der Waals surface area (Å²) in [4.78, 5) is 45.4. The molecule has 0 aliphatic rings. The van der Waals surface area contributed by atoms with E-state index < -0.39 is 17.2 Å². The molecule has 4 rings (SSSR count). The maximum absolute atomic E-state index is 12.4. The smallest absolute Gasteiger partial charge is 0.332 e. The summed E-state index contributed by atoms with van der Waals surface area (Å²) >= 11 is 0. The van der Waals surface area contributed by atoms with E-state index in [9.17, 15) is 14.4 Å². The first kappa shape index (κ1) is 20.3. The van der Waals surface area contributed by atoms with Gasteiger partial charge in [-0.25, -0.2) is 19.4 Å². The van der Waals surface area contributed by atoms with Gasteiger partial charge in [0.1, 0.15) is 5.65 Å². The fourth-order valence-corrected chi connectivity index (χ4v) is 3.51. The number of aromatic nitrogens is 6. The first-order valence-corrected chi connectivity index (χ1v) is 9.46. The van der Waals surface area contributed by atoms with Crippen molar-refractivity contribution in [3.05, 3.63) is 50.4 Å². The van der Waals surface area contributed by atoms with E-state index >= 15 is 0 Å². The zero-order valence-electron chi connectivity index (χ0n) is 17.8. The molecule has 1 N–H and O–H groups in total. The fourth-order valence-electron chi connectivity index (χ4n) is 3.51. The van der Waals surface area contributed by atoms with Crippen molar-refractivity contribution in [1.29, 1.82) is 0 Å². The Kier molecular flexibility index (Phi) is 4.80. The summed E-state index contributed by atoms with van der Waals surface area (Å²) in [5.74, 6) is -0.127. The number of fused-ring (bicyclic) bond motifs is 2. The van der Waals surface area contributed by atoms with Crippen LogP contribution < -0.4 is 21.3 Å². The summed E-state index contributed by atoms with van der Waals surface area (Å²) in [5.41, 5.74) is 2.08. The molecule has 31 heavy (non-hydrogen) atoms. The van der Waals surface area contributed by atoms with Crippen LogP contribution in [0.2, 0.25) is 0 Å². The van der Waals surface area contributed by atoms with Crippen LogP contribution in [-0.2, 0) is 25.9 Å². The Morgan fingerprint density at radius 2 is 1.84 bits per heavy atom. The number of amides is 1. The summed E-state index contributed by atoms with van der Waals surface area (Å²) < 4.78 is 9.51. The molecule has 0 radical (unpaired) electrons. The third-order valence-electron chi connectivity index (χ3n) is 5.00. The number of nitrogens with zero attached hydrogens (tertiary/aromatic N) is 6. The number of rotatable bonds is 4. The van der Waals surface area contributed by atoms with Crippen LogP contribution in [0.4, 0.5) is 5.69 Å². The molecule has 0 unspecified atom stereocenters. The van der Waals surface area contributed by atoms with Crippen LogP contribution in [0.1, 0.15) is 11.3 Å². The third-order valence-corrected chi connectivity index (χ3v) is 5.00. The Bertz CT molecular complexity index is 1480. The van der Waals surface area contributed by atoms with E-state index in [1.54, 1.807) is 11.7 Å². The van der Waals surface area contributed by atoms with Gasteiger partial charge >= 0.3 is 5.69 Å². The number of hydrogen-bond acceptors (Lipinski definition) is 7. The van der Waals surface area contributed by atoms with E-state index in [2.05, 4.69) is 20.4 Å². The van der Waals surface area contributed by atoms with Crippen LogP contribution in [0.3, 0.4) is 0 Å². The molecule has 0 spiro atoms. The molecule has 0 aliphatic carbocycles. The SMILES string of the molecule is Cc1cc(C)c2c(OCC(=O)Nc3cnc4c(c3)c(=O)n(C)c(=O)n4C)nn(C)c2n1. The van der Waals surface area contributed by atoms with E-state index in [1.165, 1.54) is 30.9 Å². The monoisotopic (exact) mass is 423 g/mol. The van der Waals surface area contributed by atoms with Crippen LogP contribution >= 0.6 is 0 Å². The first-order valence-electron chi connectivity index (χ1n) is 9.46. The molecular formula is C20H21N7O4. The van der Waals surface area contributed by atoms with Crippen LogP contribution in [0, 0.1) is 13.8 Å². The molecule has 0 saturated carbocycles. The molecule has 0 saturated heterocycles. The van der Waals surface area contributed by atoms with E-state index in [1.807, 2.05) is 19.9 Å². The highest BCUT2D eigenvalue weighted by atomic mass is 16.5. The van der Waals surface area contributed by atoms with Crippen molar-refractivity contribution < 1.29 is 9.53 Å². The van der Waals surface area contributed by atoms with Gasteiger partial charge in [0.15, 0.2) is 12.3 Å². The second-order valence-corrected chi connectivity index (χ2v) is 7.35. The van der Waals surface area contributed by atoms with Gasteiger partial charge in [-0.3, -0.25) is 18.7 Å². The Hall–Kier alpha value is -4.02. The van der Waals surface area contributed by atoms with Crippen LogP contribution in [0.5, 0.6) is 5.88 Å². The molecule has 4 heterocycles. The van der Waals surface area contributed by atoms with Crippen molar-refractivity contribution in [2.24, 2.45) is 21.1 Å². The Morgan fingerprint density at radius 1 is 1.10 bits per heavy atom. The number of hydrogen-bond donors (Lipinski definition) is 1. The minimum Gasteiger partial charge on any atom is -0.466 e. The standard InChI is InChI=1S/C20H21N7O4/c1-10-6-11(2)22-17-15(10)18(24-27(17)5)31-9-14(28)23-12-7-13-16(21-8-12)25(3)20(30)26(4)19(13)29/h6-8H,9H2,1-5H3,(H,23,28). The number of ether oxygens (including phenoxy) is 1. The Balaban J connectivity index is 1.56. The number of aryl methyl sites for hydroxylation is 4. The highest BCUT2D eigenvalue weighted by molar-refractivity contribution is 5.94. The topological polar surface area (TPSA) is 126 Å². The third kappa shape index (κ3) is 3.43. The van der Waals surface area contributed by atoms with Gasteiger partial charge in [-0.05, 0) is 31.5 Å². The van der Waals surface area contributed by atoms with E-state index in [0.717, 1.165) is 21.2 Å². The van der Waals surface area contributed by atoms with Gasteiger partial charge in [-0.1, -0.05) is 0 Å². The van der Waals surface area contributed by atoms with Crippen molar-refractivity contribution in [3.8, 4) is 5.88 Å². The normalized spacial score (nSPS) is 11.3. The summed E-state index contributed by atoms with van der Waals surface area (Å²) in [6.45, 7) is 3.54. The number of carbonyl (C=O) groups is 1. The maximum atomic E-state index is 12.4. The minimum absolute atomic E-state index is 0.219. The summed E-state index contributed by atoms with van der Waals surface area (Å²) in [7, 11) is 4.67. The molecule has 4 aromatic rings. The lowest BCUT2D eigenvalue weighted by Gasteiger charge is -2.09. The number of pyridine rings is 2. The van der Waals surface area contributed by atoms with Crippen LogP contribution in [0.25, 0.3) is 22.1 Å². The fraction of sp³-hybridized carbons (Fsp3) is 0.300. The molecule has 1 amide bonds. The number of nitrogens with one attached hydrogen (secondary N) is 1. The van der Waals surface area contributed by atoms with Gasteiger partial charge in [0, 0.05) is 26.8 Å². The second kappa shape index (κ2) is 7.35. The van der Waals surface area contributed by atoms with Crippen molar-refractivity contribution >= 4 is 33.7 Å². The number of carbonyl (C=O) groups excluding carboxylic acids is 1. The summed E-state index contributed by atoms with van der Waals surface area (Å²) in [6.07, 6.45) is 1.38. The molecule has 11 nitrogen and oxygen atoms in total. The van der Waals surface area contributed by atoms with E-state index in [4.69, 9.17) is 4.74 Å². The van der Waals surface area contributed by atoms with Crippen molar-refractivity contribution in [2.75, 3.05) is 11.9 Å². The largest absolute Gasteiger partial charge is 0.466 e. The lowest BCUT2D eigenvalue weighted by atomic mass is 10.2. The zero-order valence-corrected chi connectivity index (χ0v) is 17.8. The van der Waals surface area contributed by atoms with Crippen molar-refractivity contribution in [1.82, 2.24) is 28.9 Å². The van der Waals surface area contributed by atoms with Gasteiger partial charge in [0.25, 0.3) is 11.5 Å². The van der Waals surface area contributed by atoms with Crippen molar-refractivity contribution in [3.63, 3.8) is 0 Å². The van der Waals surface area contributed by atoms with Gasteiger partial charge < -0.3 is 10.1 Å². The molecule has 4 aromatic heterocycles. The van der Waals surface area contributed by atoms with Gasteiger partial charge in [0.05, 0.1) is 22.7 Å². The molecule has 11 heteroatoms.